The molecule has 0 aliphatic carbocycles. The molecule has 0 unspecified atom stereocenters. The third kappa shape index (κ3) is 7.44. The van der Waals surface area contributed by atoms with Crippen LogP contribution in [-0.2, 0) is 18.0 Å². The maximum atomic E-state index is 13.1. The Bertz CT molecular complexity index is 1510. The lowest BCUT2D eigenvalue weighted by Gasteiger charge is -2.20. The van der Waals surface area contributed by atoms with E-state index >= 15 is 0 Å². The molecule has 0 saturated heterocycles. The van der Waals surface area contributed by atoms with Crippen LogP contribution in [0.2, 0.25) is 0 Å². The molecule has 0 bridgehead atoms. The Balaban J connectivity index is 1.85. The summed E-state index contributed by atoms with van der Waals surface area (Å²) in [7, 11) is 0. The Morgan fingerprint density at radius 2 is 1.48 bits per heavy atom. The predicted molar refractivity (Wildman–Crippen MR) is 164 cm³/mol. The number of amides is 1. The molecular weight excluding hydrogens is 530 g/mol. The number of hydrogen-bond donors (Lipinski definition) is 2. The van der Waals surface area contributed by atoms with Crippen molar-refractivity contribution in [2.24, 2.45) is 11.1 Å². The quantitative estimate of drug-likeness (QED) is 0.174. The second-order valence-corrected chi connectivity index (χ2v) is 11.5. The topological polar surface area (TPSA) is 117 Å². The fourth-order valence-corrected chi connectivity index (χ4v) is 4.25. The van der Waals surface area contributed by atoms with Crippen molar-refractivity contribution in [2.45, 2.75) is 60.2 Å². The number of ketones is 1. The van der Waals surface area contributed by atoms with Crippen molar-refractivity contribution in [3.8, 4) is 22.8 Å². The summed E-state index contributed by atoms with van der Waals surface area (Å²) in [5.41, 5.74) is 8.63. The van der Waals surface area contributed by atoms with E-state index in [1.807, 2.05) is 72.8 Å². The van der Waals surface area contributed by atoms with Gasteiger partial charge in [-0.1, -0.05) is 100 Å². The van der Waals surface area contributed by atoms with E-state index in [0.29, 0.717) is 23.7 Å². The van der Waals surface area contributed by atoms with Gasteiger partial charge in [-0.05, 0) is 35.2 Å². The van der Waals surface area contributed by atoms with Gasteiger partial charge < -0.3 is 25.0 Å². The number of carbonyl (C=O) groups excluding carboxylic acids is 2. The van der Waals surface area contributed by atoms with Crippen LogP contribution in [0, 0.1) is 5.41 Å². The monoisotopic (exact) mass is 569 g/mol. The molecule has 220 valence electrons. The second kappa shape index (κ2) is 13.5. The average molecular weight is 570 g/mol. The molecule has 4 rings (SSSR count). The Labute approximate surface area is 247 Å². The van der Waals surface area contributed by atoms with Crippen molar-refractivity contribution in [1.29, 1.82) is 0 Å². The molecule has 0 spiro atoms. The molecule has 0 saturated carbocycles. The smallest absolute Gasteiger partial charge is 0.229 e. The first-order chi connectivity index (χ1) is 20.1. The molecule has 3 aromatic carbocycles. The fraction of sp³-hybridized carbons (Fsp3) is 0.324. The molecule has 1 aromatic heterocycles. The Kier molecular flexibility index (Phi) is 9.80. The second-order valence-electron chi connectivity index (χ2n) is 11.5. The summed E-state index contributed by atoms with van der Waals surface area (Å²) in [6, 6.07) is 23.5. The van der Waals surface area contributed by atoms with E-state index in [4.69, 9.17) is 19.7 Å². The highest BCUT2D eigenvalue weighted by atomic mass is 16.5. The highest BCUT2D eigenvalue weighted by molar-refractivity contribution is 6.07. The van der Waals surface area contributed by atoms with Crippen LogP contribution < -0.4 is 20.5 Å². The van der Waals surface area contributed by atoms with Crippen LogP contribution in [0.4, 0.5) is 5.69 Å². The largest absolute Gasteiger partial charge is 0.488 e. The predicted octanol–water partition coefficient (Wildman–Crippen LogP) is 7.14. The molecular formula is C34H39N3O5. The molecule has 0 aliphatic heterocycles. The van der Waals surface area contributed by atoms with Gasteiger partial charge in [-0.2, -0.15) is 0 Å². The standard InChI is InChI=1S/C34H39N3O5/c1-22(2)25-18-26(32-31(36-33(39)34(3,4)5)30(37-42-32)27(38)16-17-35)29(41-21-24-14-10-7-11-15-24)19-28(25)40-20-23-12-8-6-9-13-23/h6-15,18-19,22H,16-17,20-21,35H2,1-5H3,(H,36,39). The molecule has 8 nitrogen and oxygen atoms in total. The van der Waals surface area contributed by atoms with E-state index in [9.17, 15) is 9.59 Å². The number of anilines is 1. The van der Waals surface area contributed by atoms with Crippen LogP contribution in [0.25, 0.3) is 11.3 Å². The van der Waals surface area contributed by atoms with E-state index in [2.05, 4.69) is 24.3 Å². The molecule has 3 N–H and O–H groups in total. The summed E-state index contributed by atoms with van der Waals surface area (Å²) >= 11 is 0. The van der Waals surface area contributed by atoms with Crippen LogP contribution in [0.1, 0.15) is 74.1 Å². The van der Waals surface area contributed by atoms with Gasteiger partial charge in [0.25, 0.3) is 0 Å². The number of aromatic nitrogens is 1. The van der Waals surface area contributed by atoms with E-state index in [-0.39, 0.29) is 54.3 Å². The summed E-state index contributed by atoms with van der Waals surface area (Å²) in [5, 5.41) is 7.00. The van der Waals surface area contributed by atoms with Crippen LogP contribution in [0.5, 0.6) is 11.5 Å². The number of Topliss-reactive ketones (excluding diaryl/α,β-unsaturated/α-hetero) is 1. The number of nitrogens with two attached hydrogens (primary N) is 1. The number of ether oxygens (including phenoxy) is 2. The number of nitrogens with zero attached hydrogens (tertiary/aromatic N) is 1. The normalized spacial score (nSPS) is 11.4. The zero-order valence-electron chi connectivity index (χ0n) is 24.9. The van der Waals surface area contributed by atoms with Crippen LogP contribution in [-0.4, -0.2) is 23.4 Å². The van der Waals surface area contributed by atoms with Crippen molar-refractivity contribution >= 4 is 17.4 Å². The van der Waals surface area contributed by atoms with E-state index < -0.39 is 5.41 Å². The van der Waals surface area contributed by atoms with E-state index in [1.165, 1.54) is 0 Å². The van der Waals surface area contributed by atoms with Crippen molar-refractivity contribution in [3.05, 3.63) is 95.2 Å². The number of benzene rings is 3. The van der Waals surface area contributed by atoms with E-state index in [1.54, 1.807) is 20.8 Å². The minimum atomic E-state index is -0.729. The average Bonchev–Trinajstić information content (AvgIpc) is 3.38. The first kappa shape index (κ1) is 30.5. The summed E-state index contributed by atoms with van der Waals surface area (Å²) in [6.07, 6.45) is 0.0607. The molecule has 0 atom stereocenters. The van der Waals surface area contributed by atoms with Gasteiger partial charge in [0.05, 0.1) is 5.56 Å². The van der Waals surface area contributed by atoms with Gasteiger partial charge in [0.15, 0.2) is 17.2 Å². The molecule has 0 radical (unpaired) electrons. The summed E-state index contributed by atoms with van der Waals surface area (Å²) in [6.45, 7) is 10.3. The minimum absolute atomic E-state index is 0.0255. The summed E-state index contributed by atoms with van der Waals surface area (Å²) in [4.78, 5) is 26.1. The molecule has 1 heterocycles. The first-order valence-corrected chi connectivity index (χ1v) is 14.1. The van der Waals surface area contributed by atoms with Gasteiger partial charge in [-0.25, -0.2) is 0 Å². The first-order valence-electron chi connectivity index (χ1n) is 14.1. The van der Waals surface area contributed by atoms with Crippen LogP contribution in [0.15, 0.2) is 77.3 Å². The third-order valence-electron chi connectivity index (χ3n) is 6.70. The van der Waals surface area contributed by atoms with Crippen LogP contribution >= 0.6 is 0 Å². The number of hydrogen-bond acceptors (Lipinski definition) is 7. The summed E-state index contributed by atoms with van der Waals surface area (Å²) in [5.74, 6) is 0.827. The van der Waals surface area contributed by atoms with Crippen molar-refractivity contribution in [3.63, 3.8) is 0 Å². The SMILES string of the molecule is CC(C)c1cc(-c2onc(C(=O)CCN)c2NC(=O)C(C)(C)C)c(OCc2ccccc2)cc1OCc1ccccc1. The molecule has 42 heavy (non-hydrogen) atoms. The highest BCUT2D eigenvalue weighted by Crippen LogP contribution is 2.43. The maximum Gasteiger partial charge on any atom is 0.229 e. The Hall–Kier alpha value is -4.43. The molecule has 0 fully saturated rings. The van der Waals surface area contributed by atoms with E-state index in [0.717, 1.165) is 16.7 Å². The molecule has 1 amide bonds. The van der Waals surface area contributed by atoms with Gasteiger partial charge in [-0.15, -0.1) is 0 Å². The number of rotatable bonds is 12. The highest BCUT2D eigenvalue weighted by Gasteiger charge is 2.31. The molecule has 4 aromatic rings. The van der Waals surface area contributed by atoms with Gasteiger partial charge in [0, 0.05) is 17.9 Å². The minimum Gasteiger partial charge on any atom is -0.488 e. The zero-order valence-corrected chi connectivity index (χ0v) is 24.9. The van der Waals surface area contributed by atoms with Gasteiger partial charge in [-0.3, -0.25) is 9.59 Å². The Morgan fingerprint density at radius 1 is 0.905 bits per heavy atom. The van der Waals surface area contributed by atoms with Gasteiger partial charge in [0.2, 0.25) is 5.91 Å². The number of nitrogens with one attached hydrogen (secondary N) is 1. The van der Waals surface area contributed by atoms with Crippen molar-refractivity contribution in [2.75, 3.05) is 11.9 Å². The third-order valence-corrected chi connectivity index (χ3v) is 6.70. The zero-order chi connectivity index (χ0) is 30.3. The number of carbonyl (C=O) groups is 2. The fourth-order valence-electron chi connectivity index (χ4n) is 4.25. The maximum absolute atomic E-state index is 13.1. The lowest BCUT2D eigenvalue weighted by molar-refractivity contribution is -0.123. The molecule has 8 heteroatoms. The lowest BCUT2D eigenvalue weighted by Crippen LogP contribution is -2.28. The van der Waals surface area contributed by atoms with Crippen LogP contribution in [0.3, 0.4) is 0 Å². The summed E-state index contributed by atoms with van der Waals surface area (Å²) < 4.78 is 18.5. The lowest BCUT2D eigenvalue weighted by atomic mass is 9.94. The van der Waals surface area contributed by atoms with Gasteiger partial charge in [0.1, 0.15) is 30.4 Å². The van der Waals surface area contributed by atoms with Crippen molar-refractivity contribution < 1.29 is 23.6 Å². The van der Waals surface area contributed by atoms with Gasteiger partial charge >= 0.3 is 0 Å². The molecule has 0 aliphatic rings. The van der Waals surface area contributed by atoms with Crippen molar-refractivity contribution in [1.82, 2.24) is 5.16 Å². The Morgan fingerprint density at radius 3 is 2.00 bits per heavy atom.